The number of anilines is 1. The third-order valence-electron chi connectivity index (χ3n) is 4.99. The van der Waals surface area contributed by atoms with Gasteiger partial charge in [-0.2, -0.15) is 0 Å². The number of aromatic nitrogens is 1. The van der Waals surface area contributed by atoms with Crippen LogP contribution < -0.4 is 10.2 Å². The van der Waals surface area contributed by atoms with Gasteiger partial charge < -0.3 is 24.5 Å². The minimum Gasteiger partial charge on any atom is -0.363 e. The molecule has 0 spiro atoms. The summed E-state index contributed by atoms with van der Waals surface area (Å²) in [4.78, 5) is 6.71. The van der Waals surface area contributed by atoms with E-state index in [1.165, 1.54) is 12.8 Å². The SMILES string of the molecule is CCNC(=S)N(CCN(C)C)Cc1c(-c2ccccc2)noc1N1CCCC1. The summed E-state index contributed by atoms with van der Waals surface area (Å²) < 4.78 is 5.88. The zero-order valence-electron chi connectivity index (χ0n) is 17.1. The third-order valence-corrected chi connectivity index (χ3v) is 5.39. The fraction of sp³-hybridized carbons (Fsp3) is 0.524. The van der Waals surface area contributed by atoms with E-state index in [-0.39, 0.29) is 0 Å². The molecule has 1 aliphatic heterocycles. The Kier molecular flexibility index (Phi) is 7.28. The van der Waals surface area contributed by atoms with Gasteiger partial charge in [0.25, 0.3) is 0 Å². The monoisotopic (exact) mass is 401 g/mol. The van der Waals surface area contributed by atoms with E-state index < -0.39 is 0 Å². The molecule has 0 radical (unpaired) electrons. The van der Waals surface area contributed by atoms with Crippen LogP contribution in [0.2, 0.25) is 0 Å². The van der Waals surface area contributed by atoms with E-state index in [0.29, 0.717) is 6.54 Å². The molecule has 1 N–H and O–H groups in total. The second-order valence-electron chi connectivity index (χ2n) is 7.44. The zero-order chi connectivity index (χ0) is 19.9. The Labute approximate surface area is 173 Å². The van der Waals surface area contributed by atoms with Crippen LogP contribution >= 0.6 is 12.2 Å². The molecular formula is C21H31N5OS. The normalized spacial score (nSPS) is 13.9. The lowest BCUT2D eigenvalue weighted by molar-refractivity contribution is 0.322. The number of hydrogen-bond donors (Lipinski definition) is 1. The van der Waals surface area contributed by atoms with Gasteiger partial charge >= 0.3 is 0 Å². The van der Waals surface area contributed by atoms with E-state index in [2.05, 4.69) is 58.3 Å². The van der Waals surface area contributed by atoms with Gasteiger partial charge in [-0.05, 0) is 46.1 Å². The highest BCUT2D eigenvalue weighted by Gasteiger charge is 2.26. The smallest absolute Gasteiger partial charge is 0.232 e. The summed E-state index contributed by atoms with van der Waals surface area (Å²) in [7, 11) is 4.16. The first-order valence-corrected chi connectivity index (χ1v) is 10.5. The molecular weight excluding hydrogens is 370 g/mol. The molecule has 1 aromatic heterocycles. The van der Waals surface area contributed by atoms with Crippen molar-refractivity contribution in [2.24, 2.45) is 0 Å². The summed E-state index contributed by atoms with van der Waals surface area (Å²) in [6.07, 6.45) is 2.39. The third kappa shape index (κ3) is 5.02. The molecule has 0 bridgehead atoms. The van der Waals surface area contributed by atoms with Crippen molar-refractivity contribution in [1.29, 1.82) is 0 Å². The van der Waals surface area contributed by atoms with E-state index in [1.54, 1.807) is 0 Å². The maximum absolute atomic E-state index is 5.88. The molecule has 6 nitrogen and oxygen atoms in total. The van der Waals surface area contributed by atoms with E-state index >= 15 is 0 Å². The Balaban J connectivity index is 1.93. The van der Waals surface area contributed by atoms with E-state index in [0.717, 1.165) is 60.5 Å². The number of hydrogen-bond acceptors (Lipinski definition) is 5. The summed E-state index contributed by atoms with van der Waals surface area (Å²) in [5, 5.41) is 8.55. The highest BCUT2D eigenvalue weighted by atomic mass is 32.1. The summed E-state index contributed by atoms with van der Waals surface area (Å²) >= 11 is 5.67. The molecule has 0 aliphatic carbocycles. The quantitative estimate of drug-likeness (QED) is 0.682. The van der Waals surface area contributed by atoms with Crippen molar-refractivity contribution in [2.45, 2.75) is 26.3 Å². The van der Waals surface area contributed by atoms with E-state index in [1.807, 2.05) is 18.2 Å². The second-order valence-corrected chi connectivity index (χ2v) is 7.82. The van der Waals surface area contributed by atoms with E-state index in [9.17, 15) is 0 Å². The molecule has 28 heavy (non-hydrogen) atoms. The van der Waals surface area contributed by atoms with Crippen LogP contribution in [0.1, 0.15) is 25.3 Å². The maximum atomic E-state index is 5.88. The Bertz CT molecular complexity index is 755. The number of rotatable bonds is 8. The van der Waals surface area contributed by atoms with Gasteiger partial charge in [0.2, 0.25) is 5.88 Å². The average molecular weight is 402 g/mol. The van der Waals surface area contributed by atoms with Crippen LogP contribution in [0.3, 0.4) is 0 Å². The van der Waals surface area contributed by atoms with Crippen LogP contribution in [0.5, 0.6) is 0 Å². The fourth-order valence-corrected chi connectivity index (χ4v) is 3.76. The van der Waals surface area contributed by atoms with Gasteiger partial charge in [-0.25, -0.2) is 0 Å². The highest BCUT2D eigenvalue weighted by molar-refractivity contribution is 7.80. The van der Waals surface area contributed by atoms with Crippen LogP contribution in [0.15, 0.2) is 34.9 Å². The Morgan fingerprint density at radius 1 is 1.18 bits per heavy atom. The Morgan fingerprint density at radius 2 is 1.89 bits per heavy atom. The van der Waals surface area contributed by atoms with Crippen molar-refractivity contribution in [3.8, 4) is 11.3 Å². The predicted molar refractivity (Wildman–Crippen MR) is 119 cm³/mol. The lowest BCUT2D eigenvalue weighted by Gasteiger charge is -2.28. The lowest BCUT2D eigenvalue weighted by atomic mass is 10.1. The van der Waals surface area contributed by atoms with Crippen LogP contribution in [0.4, 0.5) is 5.88 Å². The predicted octanol–water partition coefficient (Wildman–Crippen LogP) is 3.20. The largest absolute Gasteiger partial charge is 0.363 e. The van der Waals surface area contributed by atoms with Gasteiger partial charge in [0, 0.05) is 38.3 Å². The molecule has 0 amide bonds. The van der Waals surface area contributed by atoms with Crippen LogP contribution in [-0.4, -0.2) is 66.9 Å². The molecule has 1 aromatic carbocycles. The lowest BCUT2D eigenvalue weighted by Crippen LogP contribution is -2.42. The van der Waals surface area contributed by atoms with Gasteiger partial charge in [-0.3, -0.25) is 0 Å². The molecule has 152 valence electrons. The summed E-state index contributed by atoms with van der Waals surface area (Å²) in [5.41, 5.74) is 3.11. The first-order valence-electron chi connectivity index (χ1n) is 10.1. The minimum absolute atomic E-state index is 0.680. The number of nitrogens with zero attached hydrogens (tertiary/aromatic N) is 4. The van der Waals surface area contributed by atoms with Crippen molar-refractivity contribution in [3.05, 3.63) is 35.9 Å². The molecule has 1 fully saturated rings. The van der Waals surface area contributed by atoms with Gasteiger partial charge in [0.15, 0.2) is 5.11 Å². The van der Waals surface area contributed by atoms with Crippen molar-refractivity contribution in [2.75, 3.05) is 51.7 Å². The molecule has 3 rings (SSSR count). The summed E-state index contributed by atoms with van der Waals surface area (Å²) in [6, 6.07) is 10.3. The van der Waals surface area contributed by atoms with Crippen LogP contribution in [-0.2, 0) is 6.54 Å². The van der Waals surface area contributed by atoms with Gasteiger partial charge in [-0.15, -0.1) is 0 Å². The van der Waals surface area contributed by atoms with Crippen LogP contribution in [0, 0.1) is 0 Å². The molecule has 0 unspecified atom stereocenters. The van der Waals surface area contributed by atoms with Crippen molar-refractivity contribution >= 4 is 23.2 Å². The molecule has 1 aliphatic rings. The van der Waals surface area contributed by atoms with Crippen LogP contribution in [0.25, 0.3) is 11.3 Å². The molecule has 7 heteroatoms. The Morgan fingerprint density at radius 3 is 2.54 bits per heavy atom. The fourth-order valence-electron chi connectivity index (χ4n) is 3.46. The number of likely N-dealkylation sites (N-methyl/N-ethyl adjacent to an activating group) is 1. The molecule has 0 saturated carbocycles. The zero-order valence-corrected chi connectivity index (χ0v) is 18.0. The summed E-state index contributed by atoms with van der Waals surface area (Å²) in [6.45, 7) is 7.37. The standard InChI is InChI=1S/C21H31N5OS/c1-4-22-21(28)26(15-14-24(2)3)16-18-19(17-10-6-5-7-11-17)23-27-20(18)25-12-8-9-13-25/h5-7,10-11H,4,8-9,12-16H2,1-3H3,(H,22,28). The number of nitrogens with one attached hydrogen (secondary N) is 1. The first kappa shape index (κ1) is 20.6. The first-order chi connectivity index (χ1) is 13.6. The Hall–Kier alpha value is -2.12. The number of thiocarbonyl (C=S) groups is 1. The van der Waals surface area contributed by atoms with Crippen molar-refractivity contribution in [1.82, 2.24) is 20.3 Å². The minimum atomic E-state index is 0.680. The van der Waals surface area contributed by atoms with Gasteiger partial charge in [0.05, 0.1) is 12.1 Å². The van der Waals surface area contributed by atoms with Gasteiger partial charge in [0.1, 0.15) is 5.69 Å². The second kappa shape index (κ2) is 9.89. The van der Waals surface area contributed by atoms with Gasteiger partial charge in [-0.1, -0.05) is 35.5 Å². The molecule has 2 heterocycles. The topological polar surface area (TPSA) is 47.8 Å². The summed E-state index contributed by atoms with van der Waals surface area (Å²) in [5.74, 6) is 0.894. The maximum Gasteiger partial charge on any atom is 0.232 e. The van der Waals surface area contributed by atoms with Crippen molar-refractivity contribution in [3.63, 3.8) is 0 Å². The molecule has 1 saturated heterocycles. The van der Waals surface area contributed by atoms with E-state index in [4.69, 9.17) is 16.7 Å². The number of benzene rings is 1. The average Bonchev–Trinajstić information content (AvgIpc) is 3.35. The van der Waals surface area contributed by atoms with Crippen molar-refractivity contribution < 1.29 is 4.52 Å². The highest BCUT2D eigenvalue weighted by Crippen LogP contribution is 2.34. The molecule has 2 aromatic rings. The molecule has 0 atom stereocenters.